The molecule has 0 heterocycles. The summed E-state index contributed by atoms with van der Waals surface area (Å²) < 4.78 is 8.25. The molecule has 0 fully saturated rings. The van der Waals surface area contributed by atoms with Gasteiger partial charge in [0.1, 0.15) is 0 Å². The van der Waals surface area contributed by atoms with E-state index in [9.17, 15) is 0 Å². The molecule has 0 aliphatic carbocycles. The number of hydrogen-bond acceptors (Lipinski definition) is 4. The summed E-state index contributed by atoms with van der Waals surface area (Å²) in [5.41, 5.74) is 0. The van der Waals surface area contributed by atoms with Crippen LogP contribution in [0.4, 0.5) is 4.79 Å². The summed E-state index contributed by atoms with van der Waals surface area (Å²) in [5.74, 6) is 0. The van der Waals surface area contributed by atoms with Crippen molar-refractivity contribution in [1.29, 1.82) is 0 Å². The van der Waals surface area contributed by atoms with Gasteiger partial charge in [0.25, 0.3) is 0 Å². The molecule has 0 aliphatic heterocycles. The normalized spacial score (nSPS) is 3.86. The van der Waals surface area contributed by atoms with Crippen molar-refractivity contribution in [1.82, 2.24) is 0 Å². The van der Waals surface area contributed by atoms with Crippen LogP contribution in [0.2, 0.25) is 0 Å². The molecule has 0 spiro atoms. The number of rotatable bonds is 0. The quantitative estimate of drug-likeness (QED) is 0.358. The Morgan fingerprint density at radius 3 is 1.29 bits per heavy atom. The van der Waals surface area contributed by atoms with Gasteiger partial charge in [0.2, 0.25) is 0 Å². The Kier molecular flexibility index (Phi) is 35.3. The Bertz CT molecular complexity index is 43.0. The van der Waals surface area contributed by atoms with E-state index >= 15 is 0 Å². The van der Waals surface area contributed by atoms with Crippen LogP contribution in [0.1, 0.15) is 0 Å². The maximum absolute atomic E-state index is 8.33. The van der Waals surface area contributed by atoms with Gasteiger partial charge in [-0.1, -0.05) is 0 Å². The van der Waals surface area contributed by atoms with Crippen LogP contribution in [0.5, 0.6) is 0 Å². The second kappa shape index (κ2) is 15.7. The van der Waals surface area contributed by atoms with Crippen molar-refractivity contribution in [3.63, 3.8) is 0 Å². The molecular formula is CCaO4Ti. The van der Waals surface area contributed by atoms with E-state index in [2.05, 4.69) is 0 Å². The Labute approximate surface area is 81.6 Å². The summed E-state index contributed by atoms with van der Waals surface area (Å²) in [6.07, 6.45) is -2.33. The van der Waals surface area contributed by atoms with Crippen LogP contribution in [0.15, 0.2) is 0 Å². The third-order valence-electron chi connectivity index (χ3n) is 0. The van der Waals surface area contributed by atoms with Crippen LogP contribution in [-0.2, 0) is 23.7 Å². The van der Waals surface area contributed by atoms with Crippen LogP contribution >= 0.6 is 0 Å². The molecule has 0 saturated heterocycles. The van der Waals surface area contributed by atoms with Gasteiger partial charge in [0.05, 0.1) is 0 Å². The molecule has 7 heavy (non-hydrogen) atoms. The average molecular weight is 164 g/mol. The van der Waals surface area contributed by atoms with E-state index in [1.165, 1.54) is 0 Å². The van der Waals surface area contributed by atoms with Crippen molar-refractivity contribution in [2.45, 2.75) is 0 Å². The van der Waals surface area contributed by atoms with E-state index in [0.717, 1.165) is 20.4 Å². The topological polar surface area (TPSA) is 80.3 Å². The van der Waals surface area contributed by atoms with Crippen molar-refractivity contribution in [2.75, 3.05) is 0 Å². The van der Waals surface area contributed by atoms with Crippen LogP contribution in [-0.4, -0.2) is 43.9 Å². The second-order valence-electron chi connectivity index (χ2n) is 0.250. The van der Waals surface area contributed by atoms with Crippen molar-refractivity contribution >= 4 is 43.9 Å². The predicted octanol–water partition coefficient (Wildman–Crippen LogP) is -2.95. The molecule has 4 nitrogen and oxygen atoms in total. The molecular weight excluding hydrogens is 164 g/mol. The third kappa shape index (κ3) is 164. The van der Waals surface area contributed by atoms with Gasteiger partial charge in [0.15, 0.2) is 0 Å². The summed E-state index contributed by atoms with van der Waals surface area (Å²) >= 11 is 0.750. The van der Waals surface area contributed by atoms with Gasteiger partial charge in [-0.25, -0.2) is 0 Å². The molecule has 0 amide bonds. The molecule has 0 rings (SSSR count). The molecule has 0 atom stereocenters. The summed E-state index contributed by atoms with van der Waals surface area (Å²) in [4.78, 5) is 8.33. The van der Waals surface area contributed by atoms with Crippen molar-refractivity contribution in [2.24, 2.45) is 0 Å². The molecule has 6 heteroatoms. The van der Waals surface area contributed by atoms with Gasteiger partial charge in [-0.05, 0) is 6.16 Å². The van der Waals surface area contributed by atoms with Crippen molar-refractivity contribution in [3.8, 4) is 0 Å². The second-order valence-corrected chi connectivity index (χ2v) is 0.250. The first kappa shape index (κ1) is 15.7. The van der Waals surface area contributed by atoms with Crippen LogP contribution in [0, 0.1) is 0 Å². The molecule has 0 aromatic carbocycles. The van der Waals surface area contributed by atoms with E-state index in [-0.39, 0.29) is 37.7 Å². The Morgan fingerprint density at radius 2 is 1.29 bits per heavy atom. The number of hydrogen-bond donors (Lipinski definition) is 0. The zero-order valence-electron chi connectivity index (χ0n) is 3.34. The molecule has 34 valence electrons. The molecule has 0 aromatic rings. The summed E-state index contributed by atoms with van der Waals surface area (Å²) in [6, 6.07) is 0. The fourth-order valence-corrected chi connectivity index (χ4v) is 0. The fourth-order valence-electron chi connectivity index (χ4n) is 0. The van der Waals surface area contributed by atoms with Crippen LogP contribution < -0.4 is 10.2 Å². The van der Waals surface area contributed by atoms with Gasteiger partial charge in [-0.3, -0.25) is 0 Å². The molecule has 0 aromatic heterocycles. The SMILES string of the molecule is O=C([O-])[O-].[Ca+2].[O]=[Ti]. The third-order valence-corrected chi connectivity index (χ3v) is 0. The van der Waals surface area contributed by atoms with E-state index in [0.29, 0.717) is 0 Å². The molecule has 0 saturated carbocycles. The van der Waals surface area contributed by atoms with Gasteiger partial charge >= 0.3 is 61.5 Å². The zero-order chi connectivity index (χ0) is 5.58. The fraction of sp³-hybridized carbons (Fsp3) is 0. The molecule has 0 radical (unpaired) electrons. The standard InChI is InChI=1S/CH2O3.Ca.O.Ti/c2-1(3)4;;;/h(H2,2,3,4);;;/q;+2;;/p-2. The van der Waals surface area contributed by atoms with Gasteiger partial charge in [0, 0.05) is 0 Å². The summed E-state index contributed by atoms with van der Waals surface area (Å²) in [6.45, 7) is 0. The van der Waals surface area contributed by atoms with Gasteiger partial charge in [-0.15, -0.1) is 0 Å². The first-order valence-electron chi connectivity index (χ1n) is 0.816. The van der Waals surface area contributed by atoms with Gasteiger partial charge in [-0.2, -0.15) is 0 Å². The Hall–Kier alpha value is 1.04. The monoisotopic (exact) mass is 164 g/mol. The number of carbonyl (C=O) groups is 1. The van der Waals surface area contributed by atoms with E-state index in [4.69, 9.17) is 18.3 Å². The van der Waals surface area contributed by atoms with Crippen molar-refractivity contribution in [3.05, 3.63) is 0 Å². The van der Waals surface area contributed by atoms with Crippen LogP contribution in [0.3, 0.4) is 0 Å². The van der Waals surface area contributed by atoms with E-state index in [1.807, 2.05) is 0 Å². The molecule has 0 bridgehead atoms. The van der Waals surface area contributed by atoms with Gasteiger partial charge < -0.3 is 15.0 Å². The van der Waals surface area contributed by atoms with E-state index in [1.54, 1.807) is 0 Å². The minimum atomic E-state index is -2.33. The zero-order valence-corrected chi connectivity index (χ0v) is 7.11. The molecule has 0 unspecified atom stereocenters. The van der Waals surface area contributed by atoms with Crippen LogP contribution in [0.25, 0.3) is 0 Å². The molecule has 0 N–H and O–H groups in total. The number of carbonyl (C=O) groups excluding carboxylic acids is 1. The minimum absolute atomic E-state index is 0. The maximum atomic E-state index is 8.33. The average Bonchev–Trinajstić information content (AvgIpc) is 1.41. The summed E-state index contributed by atoms with van der Waals surface area (Å²) in [7, 11) is 0. The Morgan fingerprint density at radius 1 is 1.29 bits per heavy atom. The summed E-state index contributed by atoms with van der Waals surface area (Å²) in [5, 5.41) is 16.7. The van der Waals surface area contributed by atoms with E-state index < -0.39 is 6.16 Å². The van der Waals surface area contributed by atoms with Crippen molar-refractivity contribution < 1.29 is 38.7 Å². The number of carboxylic acid groups (broad SMARTS) is 2. The first-order valence-corrected chi connectivity index (χ1v) is 1.45. The molecule has 0 aliphatic rings. The predicted molar refractivity (Wildman–Crippen MR) is 11.8 cm³/mol. The Balaban J connectivity index is -0.0000000480. The first-order chi connectivity index (χ1) is 2.73.